The van der Waals surface area contributed by atoms with Crippen LogP contribution < -0.4 is 10.5 Å². The first-order valence-corrected chi connectivity index (χ1v) is 7.16. The van der Waals surface area contributed by atoms with Crippen molar-refractivity contribution >= 4 is 21.4 Å². The van der Waals surface area contributed by atoms with Gasteiger partial charge in [0.15, 0.2) is 5.03 Å². The number of sulfonamides is 1. The minimum Gasteiger partial charge on any atom is -0.398 e. The summed E-state index contributed by atoms with van der Waals surface area (Å²) < 4.78 is 28.3. The van der Waals surface area contributed by atoms with Gasteiger partial charge < -0.3 is 10.3 Å². The van der Waals surface area contributed by atoms with Gasteiger partial charge in [-0.2, -0.15) is 8.42 Å². The van der Waals surface area contributed by atoms with Crippen LogP contribution in [-0.2, 0) is 17.1 Å². The molecule has 3 N–H and O–H groups in total. The Bertz CT molecular complexity index is 719. The molecule has 0 bridgehead atoms. The van der Waals surface area contributed by atoms with Crippen molar-refractivity contribution in [2.45, 2.75) is 18.9 Å². The highest BCUT2D eigenvalue weighted by atomic mass is 32.2. The molecule has 0 atom stereocenters. The van der Waals surface area contributed by atoms with Crippen molar-refractivity contribution in [2.75, 3.05) is 10.5 Å². The van der Waals surface area contributed by atoms with E-state index in [0.717, 1.165) is 5.56 Å². The van der Waals surface area contributed by atoms with Gasteiger partial charge >= 0.3 is 0 Å². The molecule has 1 aromatic carbocycles. The summed E-state index contributed by atoms with van der Waals surface area (Å²) in [5, 5.41) is -0.0199. The van der Waals surface area contributed by atoms with E-state index in [2.05, 4.69) is 9.71 Å². The van der Waals surface area contributed by atoms with Gasteiger partial charge in [-0.1, -0.05) is 6.07 Å². The molecular weight excluding hydrogens is 264 g/mol. The van der Waals surface area contributed by atoms with Crippen LogP contribution in [0.3, 0.4) is 0 Å². The first kappa shape index (κ1) is 13.4. The number of nitrogen functional groups attached to an aromatic ring is 1. The van der Waals surface area contributed by atoms with Crippen LogP contribution in [0.4, 0.5) is 11.4 Å². The maximum absolute atomic E-state index is 12.1. The average Bonchev–Trinajstić information content (AvgIpc) is 2.78. The molecule has 2 aromatic rings. The summed E-state index contributed by atoms with van der Waals surface area (Å²) in [6.45, 7) is 3.65. The highest BCUT2D eigenvalue weighted by Gasteiger charge is 2.18. The second kappa shape index (κ2) is 4.58. The zero-order valence-corrected chi connectivity index (χ0v) is 11.8. The summed E-state index contributed by atoms with van der Waals surface area (Å²) in [5.41, 5.74) is 8.56. The number of aromatic nitrogens is 2. The van der Waals surface area contributed by atoms with Crippen molar-refractivity contribution in [3.05, 3.63) is 35.8 Å². The van der Waals surface area contributed by atoms with Crippen molar-refractivity contribution in [3.63, 3.8) is 0 Å². The lowest BCUT2D eigenvalue weighted by molar-refractivity contribution is 0.598. The Hall–Kier alpha value is -2.02. The molecule has 0 aliphatic carbocycles. The molecule has 0 radical (unpaired) electrons. The number of imidazole rings is 1. The highest BCUT2D eigenvalue weighted by Crippen LogP contribution is 2.26. The Morgan fingerprint density at radius 2 is 2.00 bits per heavy atom. The Balaban J connectivity index is 2.39. The molecule has 0 saturated heterocycles. The van der Waals surface area contributed by atoms with Gasteiger partial charge in [0.1, 0.15) is 0 Å². The van der Waals surface area contributed by atoms with Gasteiger partial charge in [-0.15, -0.1) is 0 Å². The summed E-state index contributed by atoms with van der Waals surface area (Å²) in [4.78, 5) is 3.83. The lowest BCUT2D eigenvalue weighted by Crippen LogP contribution is -2.14. The van der Waals surface area contributed by atoms with E-state index in [9.17, 15) is 8.42 Å². The van der Waals surface area contributed by atoms with Gasteiger partial charge in [-0.05, 0) is 31.0 Å². The van der Waals surface area contributed by atoms with E-state index >= 15 is 0 Å². The van der Waals surface area contributed by atoms with E-state index in [1.54, 1.807) is 30.7 Å². The number of anilines is 2. The normalized spacial score (nSPS) is 11.5. The molecule has 0 fully saturated rings. The van der Waals surface area contributed by atoms with Crippen molar-refractivity contribution in [2.24, 2.45) is 7.05 Å². The third-order valence-electron chi connectivity index (χ3n) is 2.93. The van der Waals surface area contributed by atoms with Gasteiger partial charge in [0.05, 0.1) is 12.0 Å². The number of nitrogens with zero attached hydrogens (tertiary/aromatic N) is 2. The minimum atomic E-state index is -3.68. The number of hydrogen-bond acceptors (Lipinski definition) is 4. The summed E-state index contributed by atoms with van der Waals surface area (Å²) in [6, 6.07) is 3.47. The van der Waals surface area contributed by atoms with Crippen LogP contribution in [0.25, 0.3) is 0 Å². The Kier molecular flexibility index (Phi) is 3.23. The minimum absolute atomic E-state index is 0.0199. The van der Waals surface area contributed by atoms with E-state index in [4.69, 9.17) is 5.73 Å². The lowest BCUT2D eigenvalue weighted by Gasteiger charge is -2.12. The molecule has 0 spiro atoms. The summed E-state index contributed by atoms with van der Waals surface area (Å²) in [6.07, 6.45) is 2.88. The second-order valence-electron chi connectivity index (χ2n) is 4.45. The average molecular weight is 280 g/mol. The zero-order valence-electron chi connectivity index (χ0n) is 11.0. The molecule has 6 nitrogen and oxygen atoms in total. The Morgan fingerprint density at radius 3 is 2.58 bits per heavy atom. The van der Waals surface area contributed by atoms with Crippen molar-refractivity contribution < 1.29 is 8.42 Å². The first-order valence-electron chi connectivity index (χ1n) is 5.68. The van der Waals surface area contributed by atoms with Gasteiger partial charge in [0.2, 0.25) is 0 Å². The van der Waals surface area contributed by atoms with Crippen molar-refractivity contribution in [3.8, 4) is 0 Å². The van der Waals surface area contributed by atoms with E-state index in [0.29, 0.717) is 16.9 Å². The SMILES string of the molecule is Cc1ccc(NS(=O)(=O)c2cn(C)cn2)c(C)c1N. The number of hydrogen-bond donors (Lipinski definition) is 2. The number of aryl methyl sites for hydroxylation is 2. The van der Waals surface area contributed by atoms with Crippen LogP contribution in [0.5, 0.6) is 0 Å². The molecule has 1 heterocycles. The summed E-state index contributed by atoms with van der Waals surface area (Å²) in [5.74, 6) is 0. The number of nitrogens with two attached hydrogens (primary N) is 1. The van der Waals surface area contributed by atoms with Gasteiger partial charge in [-0.25, -0.2) is 4.98 Å². The summed E-state index contributed by atoms with van der Waals surface area (Å²) in [7, 11) is -1.97. The molecule has 0 aliphatic heterocycles. The summed E-state index contributed by atoms with van der Waals surface area (Å²) >= 11 is 0. The molecule has 102 valence electrons. The van der Waals surface area contributed by atoms with Crippen LogP contribution >= 0.6 is 0 Å². The van der Waals surface area contributed by atoms with E-state index in [1.807, 2.05) is 6.92 Å². The largest absolute Gasteiger partial charge is 0.398 e. The molecular formula is C12H16N4O2S. The standard InChI is InChI=1S/C12H16N4O2S/c1-8-4-5-10(9(2)12(8)13)15-19(17,18)11-6-16(3)7-14-11/h4-7,15H,13H2,1-3H3. The molecule has 0 aliphatic rings. The number of rotatable bonds is 3. The number of benzene rings is 1. The quantitative estimate of drug-likeness (QED) is 0.832. The van der Waals surface area contributed by atoms with Gasteiger partial charge in [-0.3, -0.25) is 4.72 Å². The van der Waals surface area contributed by atoms with Crippen LogP contribution in [0, 0.1) is 13.8 Å². The molecule has 2 rings (SSSR count). The van der Waals surface area contributed by atoms with Crippen LogP contribution in [-0.4, -0.2) is 18.0 Å². The Morgan fingerprint density at radius 1 is 1.32 bits per heavy atom. The fourth-order valence-electron chi connectivity index (χ4n) is 1.70. The third-order valence-corrected chi connectivity index (χ3v) is 4.18. The second-order valence-corrected chi connectivity index (χ2v) is 6.08. The molecule has 19 heavy (non-hydrogen) atoms. The molecule has 0 saturated carbocycles. The van der Waals surface area contributed by atoms with Gasteiger partial charge in [0, 0.05) is 18.9 Å². The lowest BCUT2D eigenvalue weighted by atomic mass is 10.1. The topological polar surface area (TPSA) is 90.0 Å². The van der Waals surface area contributed by atoms with Crippen LogP contribution in [0.2, 0.25) is 0 Å². The zero-order chi connectivity index (χ0) is 14.2. The first-order chi connectivity index (χ1) is 8.81. The van der Waals surface area contributed by atoms with Crippen LogP contribution in [0.15, 0.2) is 29.7 Å². The van der Waals surface area contributed by atoms with Crippen molar-refractivity contribution in [1.29, 1.82) is 0 Å². The number of nitrogens with one attached hydrogen (secondary N) is 1. The maximum Gasteiger partial charge on any atom is 0.280 e. The van der Waals surface area contributed by atoms with E-state index in [1.165, 1.54) is 12.5 Å². The highest BCUT2D eigenvalue weighted by molar-refractivity contribution is 7.92. The molecule has 7 heteroatoms. The fourth-order valence-corrected chi connectivity index (χ4v) is 2.81. The Labute approximate surface area is 112 Å². The maximum atomic E-state index is 12.1. The smallest absolute Gasteiger partial charge is 0.280 e. The molecule has 0 amide bonds. The molecule has 1 aromatic heterocycles. The predicted molar refractivity (Wildman–Crippen MR) is 74.3 cm³/mol. The van der Waals surface area contributed by atoms with Gasteiger partial charge in [0.25, 0.3) is 10.0 Å². The van der Waals surface area contributed by atoms with Crippen molar-refractivity contribution in [1.82, 2.24) is 9.55 Å². The van der Waals surface area contributed by atoms with Crippen LogP contribution in [0.1, 0.15) is 11.1 Å². The fraction of sp³-hybridized carbons (Fsp3) is 0.250. The third kappa shape index (κ3) is 2.55. The molecule has 0 unspecified atom stereocenters. The predicted octanol–water partition coefficient (Wildman–Crippen LogP) is 1.42. The van der Waals surface area contributed by atoms with E-state index < -0.39 is 10.0 Å². The monoisotopic (exact) mass is 280 g/mol. The van der Waals surface area contributed by atoms with E-state index in [-0.39, 0.29) is 5.03 Å².